The first-order valence-corrected chi connectivity index (χ1v) is 5.32. The minimum atomic E-state index is 0.0312. The van der Waals surface area contributed by atoms with Crippen molar-refractivity contribution in [2.24, 2.45) is 0 Å². The molecule has 0 atom stereocenters. The fraction of sp³-hybridized carbons (Fsp3) is 0.545. The lowest BCUT2D eigenvalue weighted by atomic mass is 10.1. The highest BCUT2D eigenvalue weighted by Gasteiger charge is 2.12. The van der Waals surface area contributed by atoms with E-state index in [-0.39, 0.29) is 5.54 Å². The largest absolute Gasteiger partial charge is 0.266 e. The van der Waals surface area contributed by atoms with E-state index in [1.54, 1.807) is 6.20 Å². The van der Waals surface area contributed by atoms with E-state index >= 15 is 0 Å². The number of hydrogen-bond acceptors (Lipinski definition) is 2. The van der Waals surface area contributed by atoms with Gasteiger partial charge in [-0.1, -0.05) is 11.8 Å². The van der Waals surface area contributed by atoms with Crippen LogP contribution in [0.1, 0.15) is 32.8 Å². The molecule has 0 saturated heterocycles. The molecule has 1 heterocycles. The second-order valence-electron chi connectivity index (χ2n) is 4.12. The van der Waals surface area contributed by atoms with Gasteiger partial charge >= 0.3 is 0 Å². The number of thiol groups is 1. The number of hydrogen-bond donors (Lipinski definition) is 1. The molecule has 0 aliphatic carbocycles. The monoisotopic (exact) mass is 208 g/mol. The van der Waals surface area contributed by atoms with Gasteiger partial charge in [-0.15, -0.1) is 0 Å². The van der Waals surface area contributed by atoms with Gasteiger partial charge in [0.05, 0.1) is 17.3 Å². The lowest BCUT2D eigenvalue weighted by molar-refractivity contribution is 0.355. The Kier molecular flexibility index (Phi) is 3.65. The van der Waals surface area contributed by atoms with E-state index in [9.17, 15) is 0 Å². The summed E-state index contributed by atoms with van der Waals surface area (Å²) in [4.78, 5) is 0. The van der Waals surface area contributed by atoms with E-state index in [2.05, 4.69) is 50.3 Å². The fourth-order valence-corrected chi connectivity index (χ4v) is 1.09. The van der Waals surface area contributed by atoms with Crippen molar-refractivity contribution >= 4 is 12.6 Å². The van der Waals surface area contributed by atoms with Crippen molar-refractivity contribution in [1.29, 1.82) is 0 Å². The highest BCUT2D eigenvalue weighted by Crippen LogP contribution is 2.12. The van der Waals surface area contributed by atoms with Crippen LogP contribution in [0.4, 0.5) is 0 Å². The third-order valence-corrected chi connectivity index (χ3v) is 1.96. The molecule has 0 unspecified atom stereocenters. The van der Waals surface area contributed by atoms with Crippen LogP contribution in [0.15, 0.2) is 12.4 Å². The predicted octanol–water partition coefficient (Wildman–Crippen LogP) is 2.31. The van der Waals surface area contributed by atoms with Gasteiger partial charge in [0.2, 0.25) is 0 Å². The first kappa shape index (κ1) is 11.2. The number of aromatic nitrogens is 2. The Bertz CT molecular complexity index is 349. The molecule has 0 fully saturated rings. The van der Waals surface area contributed by atoms with Crippen molar-refractivity contribution in [3.05, 3.63) is 18.0 Å². The maximum Gasteiger partial charge on any atom is 0.0646 e. The molecule has 0 amide bonds. The van der Waals surface area contributed by atoms with E-state index in [4.69, 9.17) is 0 Å². The van der Waals surface area contributed by atoms with Gasteiger partial charge in [-0.05, 0) is 20.8 Å². The van der Waals surface area contributed by atoms with E-state index in [1.807, 2.05) is 10.9 Å². The molecule has 1 aromatic heterocycles. The van der Waals surface area contributed by atoms with Gasteiger partial charge < -0.3 is 0 Å². The zero-order valence-corrected chi connectivity index (χ0v) is 9.80. The molecule has 1 rings (SSSR count). The summed E-state index contributed by atoms with van der Waals surface area (Å²) >= 11 is 4.09. The third-order valence-electron chi connectivity index (χ3n) is 1.74. The second-order valence-corrected chi connectivity index (χ2v) is 4.57. The Balaban J connectivity index is 2.75. The molecular weight excluding hydrogens is 192 g/mol. The van der Waals surface area contributed by atoms with Crippen LogP contribution in [0, 0.1) is 11.8 Å². The van der Waals surface area contributed by atoms with Crippen LogP contribution in [0.2, 0.25) is 0 Å². The topological polar surface area (TPSA) is 17.8 Å². The maximum absolute atomic E-state index is 4.26. The van der Waals surface area contributed by atoms with Crippen molar-refractivity contribution in [2.75, 3.05) is 5.75 Å². The fourth-order valence-electron chi connectivity index (χ4n) is 0.975. The minimum Gasteiger partial charge on any atom is -0.266 e. The molecule has 0 saturated carbocycles. The summed E-state index contributed by atoms with van der Waals surface area (Å²) < 4.78 is 1.93. The molecule has 14 heavy (non-hydrogen) atoms. The molecule has 2 nitrogen and oxygen atoms in total. The van der Waals surface area contributed by atoms with Gasteiger partial charge in [-0.3, -0.25) is 4.68 Å². The highest BCUT2D eigenvalue weighted by atomic mass is 32.1. The molecule has 0 N–H and O–H groups in total. The summed E-state index contributed by atoms with van der Waals surface area (Å²) in [5.41, 5.74) is 1.01. The van der Waals surface area contributed by atoms with Crippen molar-refractivity contribution in [3.8, 4) is 11.8 Å². The molecule has 0 bridgehead atoms. The smallest absolute Gasteiger partial charge is 0.0646 e. The SMILES string of the molecule is CC(C)(C)n1cc(C#CCCS)cn1. The second kappa shape index (κ2) is 4.56. The van der Waals surface area contributed by atoms with Gasteiger partial charge in [0.15, 0.2) is 0 Å². The lowest BCUT2D eigenvalue weighted by Gasteiger charge is -2.18. The average Bonchev–Trinajstić information content (AvgIpc) is 2.52. The molecule has 76 valence electrons. The van der Waals surface area contributed by atoms with Crippen molar-refractivity contribution in [2.45, 2.75) is 32.7 Å². The Labute approximate surface area is 91.1 Å². The van der Waals surface area contributed by atoms with Gasteiger partial charge in [0.25, 0.3) is 0 Å². The summed E-state index contributed by atoms with van der Waals surface area (Å²) in [6, 6.07) is 0. The minimum absolute atomic E-state index is 0.0312. The van der Waals surface area contributed by atoms with Crippen LogP contribution in [-0.4, -0.2) is 15.5 Å². The molecule has 0 radical (unpaired) electrons. The summed E-state index contributed by atoms with van der Waals surface area (Å²) in [5.74, 6) is 6.90. The van der Waals surface area contributed by atoms with E-state index in [0.29, 0.717) is 0 Å². The Hall–Kier alpha value is -0.880. The Morgan fingerprint density at radius 2 is 2.21 bits per heavy atom. The Morgan fingerprint density at radius 3 is 2.71 bits per heavy atom. The van der Waals surface area contributed by atoms with E-state index < -0.39 is 0 Å². The first-order chi connectivity index (χ1) is 6.54. The predicted molar refractivity (Wildman–Crippen MR) is 62.6 cm³/mol. The van der Waals surface area contributed by atoms with Crippen molar-refractivity contribution in [3.63, 3.8) is 0 Å². The van der Waals surface area contributed by atoms with E-state index in [0.717, 1.165) is 17.7 Å². The lowest BCUT2D eigenvalue weighted by Crippen LogP contribution is -2.21. The summed E-state index contributed by atoms with van der Waals surface area (Å²) in [6.45, 7) is 6.35. The highest BCUT2D eigenvalue weighted by molar-refractivity contribution is 7.80. The van der Waals surface area contributed by atoms with Gasteiger partial charge in [0.1, 0.15) is 0 Å². The molecular formula is C11H16N2S. The van der Waals surface area contributed by atoms with Crippen LogP contribution < -0.4 is 0 Å². The van der Waals surface area contributed by atoms with Gasteiger partial charge in [-0.25, -0.2) is 0 Å². The molecule has 0 aromatic carbocycles. The quantitative estimate of drug-likeness (QED) is 0.554. The van der Waals surface area contributed by atoms with Crippen LogP contribution in [0.5, 0.6) is 0 Å². The summed E-state index contributed by atoms with van der Waals surface area (Å²) in [6.07, 6.45) is 4.60. The molecule has 0 aliphatic rings. The van der Waals surface area contributed by atoms with Crippen LogP contribution >= 0.6 is 12.6 Å². The summed E-state index contributed by atoms with van der Waals surface area (Å²) in [7, 11) is 0. The van der Waals surface area contributed by atoms with Crippen LogP contribution in [0.3, 0.4) is 0 Å². The normalized spacial score (nSPS) is 10.9. The zero-order chi connectivity index (χ0) is 10.6. The maximum atomic E-state index is 4.26. The number of nitrogens with zero attached hydrogens (tertiary/aromatic N) is 2. The zero-order valence-electron chi connectivity index (χ0n) is 8.91. The van der Waals surface area contributed by atoms with Crippen LogP contribution in [-0.2, 0) is 5.54 Å². The average molecular weight is 208 g/mol. The molecule has 3 heteroatoms. The first-order valence-electron chi connectivity index (χ1n) is 4.69. The number of rotatable bonds is 1. The van der Waals surface area contributed by atoms with Gasteiger partial charge in [0, 0.05) is 18.4 Å². The molecule has 0 aliphatic heterocycles. The van der Waals surface area contributed by atoms with Crippen LogP contribution in [0.25, 0.3) is 0 Å². The summed E-state index contributed by atoms with van der Waals surface area (Å²) in [5, 5.41) is 4.26. The standard InChI is InChI=1S/C11H16N2S/c1-11(2,3)13-9-10(8-12-13)6-4-5-7-14/h8-9,14H,5,7H2,1-3H3. The van der Waals surface area contributed by atoms with Crippen molar-refractivity contribution in [1.82, 2.24) is 9.78 Å². The van der Waals surface area contributed by atoms with Crippen molar-refractivity contribution < 1.29 is 0 Å². The molecule has 0 spiro atoms. The van der Waals surface area contributed by atoms with E-state index in [1.165, 1.54) is 0 Å². The van der Waals surface area contributed by atoms with Gasteiger partial charge in [-0.2, -0.15) is 17.7 Å². The molecule has 1 aromatic rings. The third kappa shape index (κ3) is 3.12. The Morgan fingerprint density at radius 1 is 1.50 bits per heavy atom.